The van der Waals surface area contributed by atoms with Gasteiger partial charge in [-0.2, -0.15) is 0 Å². The molecule has 17 heavy (non-hydrogen) atoms. The first kappa shape index (κ1) is 12.5. The zero-order chi connectivity index (χ0) is 12.4. The van der Waals surface area contributed by atoms with Gasteiger partial charge >= 0.3 is 0 Å². The summed E-state index contributed by atoms with van der Waals surface area (Å²) in [5.41, 5.74) is 4.03. The van der Waals surface area contributed by atoms with Crippen LogP contribution in [0.2, 0.25) is 0 Å². The van der Waals surface area contributed by atoms with Gasteiger partial charge in [-0.1, -0.05) is 32.4 Å². The molecule has 1 aliphatic carbocycles. The molecule has 0 saturated heterocycles. The average molecular weight is 231 g/mol. The van der Waals surface area contributed by atoms with Crippen molar-refractivity contribution < 1.29 is 0 Å². The van der Waals surface area contributed by atoms with Crippen LogP contribution >= 0.6 is 0 Å². The van der Waals surface area contributed by atoms with Gasteiger partial charge in [0.2, 0.25) is 0 Å². The van der Waals surface area contributed by atoms with Crippen LogP contribution in [-0.2, 0) is 0 Å². The van der Waals surface area contributed by atoms with E-state index in [0.29, 0.717) is 6.04 Å². The molecule has 2 rings (SSSR count). The van der Waals surface area contributed by atoms with Crippen LogP contribution in [0, 0.1) is 25.7 Å². The minimum Gasteiger partial charge on any atom is -0.382 e. The number of hydrogen-bond acceptors (Lipinski definition) is 1. The minimum atomic E-state index is 0.643. The van der Waals surface area contributed by atoms with Crippen LogP contribution in [0.15, 0.2) is 18.2 Å². The van der Waals surface area contributed by atoms with Crippen molar-refractivity contribution in [3.05, 3.63) is 29.3 Å². The van der Waals surface area contributed by atoms with Crippen molar-refractivity contribution >= 4 is 5.69 Å². The Bertz CT molecular complexity index is 373. The van der Waals surface area contributed by atoms with Gasteiger partial charge in [-0.05, 0) is 55.7 Å². The van der Waals surface area contributed by atoms with Crippen molar-refractivity contribution in [2.24, 2.45) is 11.8 Å². The molecule has 1 N–H and O–H groups in total. The van der Waals surface area contributed by atoms with Crippen molar-refractivity contribution in [3.63, 3.8) is 0 Å². The topological polar surface area (TPSA) is 12.0 Å². The summed E-state index contributed by atoms with van der Waals surface area (Å²) < 4.78 is 0. The summed E-state index contributed by atoms with van der Waals surface area (Å²) in [5, 5.41) is 3.79. The highest BCUT2D eigenvalue weighted by Crippen LogP contribution is 2.32. The number of benzene rings is 1. The van der Waals surface area contributed by atoms with Gasteiger partial charge in [-0.25, -0.2) is 0 Å². The van der Waals surface area contributed by atoms with E-state index in [1.165, 1.54) is 36.1 Å². The quantitative estimate of drug-likeness (QED) is 0.788. The average Bonchev–Trinajstić information content (AvgIpc) is 2.28. The zero-order valence-corrected chi connectivity index (χ0v) is 11.6. The second-order valence-electron chi connectivity index (χ2n) is 5.87. The second kappa shape index (κ2) is 5.12. The molecule has 0 radical (unpaired) electrons. The third-order valence-corrected chi connectivity index (χ3v) is 4.26. The molecule has 2 unspecified atom stereocenters. The molecule has 1 saturated carbocycles. The van der Waals surface area contributed by atoms with E-state index in [1.54, 1.807) is 0 Å². The predicted octanol–water partition coefficient (Wildman–Crippen LogP) is 4.54. The Morgan fingerprint density at radius 1 is 1.06 bits per heavy atom. The standard InChI is InChI=1S/C16H25N/c1-11-8-9-12(2)15(10-11)17-16-13(3)6-5-7-14(16)4/h8-10,13-14,16-17H,5-7H2,1-4H3. The SMILES string of the molecule is Cc1ccc(C)c(NC2C(C)CCCC2C)c1. The Morgan fingerprint density at radius 3 is 2.35 bits per heavy atom. The fourth-order valence-corrected chi connectivity index (χ4v) is 3.04. The molecule has 0 bridgehead atoms. The highest BCUT2D eigenvalue weighted by atomic mass is 14.9. The van der Waals surface area contributed by atoms with E-state index in [-0.39, 0.29) is 0 Å². The van der Waals surface area contributed by atoms with Crippen LogP contribution in [0.3, 0.4) is 0 Å². The molecular formula is C16H25N. The fourth-order valence-electron chi connectivity index (χ4n) is 3.04. The Balaban J connectivity index is 2.16. The maximum absolute atomic E-state index is 3.79. The van der Waals surface area contributed by atoms with Gasteiger partial charge in [0.05, 0.1) is 0 Å². The van der Waals surface area contributed by atoms with Crippen molar-refractivity contribution in [1.29, 1.82) is 0 Å². The van der Waals surface area contributed by atoms with Gasteiger partial charge in [0, 0.05) is 11.7 Å². The van der Waals surface area contributed by atoms with Crippen LogP contribution in [0.1, 0.15) is 44.2 Å². The molecule has 1 fully saturated rings. The van der Waals surface area contributed by atoms with Gasteiger partial charge in [-0.15, -0.1) is 0 Å². The van der Waals surface area contributed by atoms with E-state index >= 15 is 0 Å². The highest BCUT2D eigenvalue weighted by Gasteiger charge is 2.27. The fraction of sp³-hybridized carbons (Fsp3) is 0.625. The number of rotatable bonds is 2. The van der Waals surface area contributed by atoms with E-state index in [2.05, 4.69) is 51.2 Å². The highest BCUT2D eigenvalue weighted by molar-refractivity contribution is 5.53. The van der Waals surface area contributed by atoms with Gasteiger partial charge in [0.15, 0.2) is 0 Å². The number of aryl methyl sites for hydroxylation is 2. The predicted molar refractivity (Wildman–Crippen MR) is 75.5 cm³/mol. The molecule has 1 heteroatoms. The van der Waals surface area contributed by atoms with Crippen LogP contribution in [0.5, 0.6) is 0 Å². The summed E-state index contributed by atoms with van der Waals surface area (Å²) in [6.07, 6.45) is 4.13. The van der Waals surface area contributed by atoms with Crippen LogP contribution in [0.4, 0.5) is 5.69 Å². The van der Waals surface area contributed by atoms with Crippen molar-refractivity contribution in [1.82, 2.24) is 0 Å². The molecule has 0 aliphatic heterocycles. The van der Waals surface area contributed by atoms with Crippen LogP contribution in [0.25, 0.3) is 0 Å². The first-order valence-corrected chi connectivity index (χ1v) is 6.91. The zero-order valence-electron chi connectivity index (χ0n) is 11.6. The van der Waals surface area contributed by atoms with Gasteiger partial charge in [0.1, 0.15) is 0 Å². The summed E-state index contributed by atoms with van der Waals surface area (Å²) in [6, 6.07) is 7.33. The normalized spacial score (nSPS) is 29.1. The summed E-state index contributed by atoms with van der Waals surface area (Å²) >= 11 is 0. The summed E-state index contributed by atoms with van der Waals surface area (Å²) in [4.78, 5) is 0. The monoisotopic (exact) mass is 231 g/mol. The number of nitrogens with one attached hydrogen (secondary N) is 1. The van der Waals surface area contributed by atoms with Gasteiger partial charge in [-0.3, -0.25) is 0 Å². The molecule has 0 heterocycles. The van der Waals surface area contributed by atoms with Gasteiger partial charge in [0.25, 0.3) is 0 Å². The van der Waals surface area contributed by atoms with Gasteiger partial charge < -0.3 is 5.32 Å². The van der Waals surface area contributed by atoms with Crippen molar-refractivity contribution in [2.75, 3.05) is 5.32 Å². The third-order valence-electron chi connectivity index (χ3n) is 4.26. The molecule has 1 aliphatic rings. The molecular weight excluding hydrogens is 206 g/mol. The molecule has 1 aromatic rings. The summed E-state index contributed by atoms with van der Waals surface area (Å²) in [7, 11) is 0. The number of hydrogen-bond donors (Lipinski definition) is 1. The molecule has 1 aromatic carbocycles. The van der Waals surface area contributed by atoms with Crippen LogP contribution < -0.4 is 5.32 Å². The Kier molecular flexibility index (Phi) is 3.76. The molecule has 0 amide bonds. The van der Waals surface area contributed by atoms with E-state index in [1.807, 2.05) is 0 Å². The maximum atomic E-state index is 3.79. The Hall–Kier alpha value is -0.980. The van der Waals surface area contributed by atoms with E-state index < -0.39 is 0 Å². The lowest BCUT2D eigenvalue weighted by atomic mass is 9.78. The summed E-state index contributed by atoms with van der Waals surface area (Å²) in [5.74, 6) is 1.58. The lowest BCUT2D eigenvalue weighted by Crippen LogP contribution is -2.37. The van der Waals surface area contributed by atoms with Crippen molar-refractivity contribution in [3.8, 4) is 0 Å². The lowest BCUT2D eigenvalue weighted by Gasteiger charge is -2.36. The maximum Gasteiger partial charge on any atom is 0.0374 e. The largest absolute Gasteiger partial charge is 0.382 e. The van der Waals surface area contributed by atoms with Crippen LogP contribution in [-0.4, -0.2) is 6.04 Å². The molecule has 2 atom stereocenters. The molecule has 1 nitrogen and oxygen atoms in total. The molecule has 0 aromatic heterocycles. The first-order chi connectivity index (χ1) is 8.08. The van der Waals surface area contributed by atoms with Crippen molar-refractivity contribution in [2.45, 2.75) is 53.0 Å². The Morgan fingerprint density at radius 2 is 1.71 bits per heavy atom. The molecule has 0 spiro atoms. The summed E-state index contributed by atoms with van der Waals surface area (Å²) in [6.45, 7) is 9.13. The second-order valence-corrected chi connectivity index (χ2v) is 5.87. The molecule has 94 valence electrons. The Labute approximate surface area is 106 Å². The third kappa shape index (κ3) is 2.83. The smallest absolute Gasteiger partial charge is 0.0374 e. The minimum absolute atomic E-state index is 0.643. The lowest BCUT2D eigenvalue weighted by molar-refractivity contribution is 0.268. The van der Waals surface area contributed by atoms with E-state index in [9.17, 15) is 0 Å². The number of anilines is 1. The van der Waals surface area contributed by atoms with E-state index in [4.69, 9.17) is 0 Å². The first-order valence-electron chi connectivity index (χ1n) is 6.91. The van der Waals surface area contributed by atoms with E-state index in [0.717, 1.165) is 11.8 Å².